The van der Waals surface area contributed by atoms with Crippen LogP contribution in [0, 0.1) is 11.8 Å². The Morgan fingerprint density at radius 1 is 1.14 bits per heavy atom. The van der Waals surface area contributed by atoms with E-state index in [9.17, 15) is 0 Å². The van der Waals surface area contributed by atoms with Gasteiger partial charge in [0.15, 0.2) is 0 Å². The molecule has 2 atom stereocenters. The van der Waals surface area contributed by atoms with Crippen LogP contribution in [0.1, 0.15) is 40.0 Å². The smallest absolute Gasteiger partial charge is 0.0159 e. The molecule has 0 radical (unpaired) electrons. The maximum absolute atomic E-state index is 2.36. The minimum Gasteiger partial charge on any atom is -0.0877 e. The van der Waals surface area contributed by atoms with Crippen molar-refractivity contribution in [3.63, 3.8) is 0 Å². The van der Waals surface area contributed by atoms with Crippen molar-refractivity contribution in [3.05, 3.63) is 36.0 Å². The lowest BCUT2D eigenvalue weighted by atomic mass is 9.95. The zero-order chi connectivity index (χ0) is 10.4. The highest BCUT2D eigenvalue weighted by Gasteiger charge is 2.22. The summed E-state index contributed by atoms with van der Waals surface area (Å²) in [6.45, 7) is 6.53. The molecular formula is C14H22. The molecule has 0 N–H and O–H groups in total. The summed E-state index contributed by atoms with van der Waals surface area (Å²) in [5, 5.41) is 0. The molecule has 0 heteroatoms. The summed E-state index contributed by atoms with van der Waals surface area (Å²) in [5.74, 6) is 1.72. The van der Waals surface area contributed by atoms with Crippen LogP contribution in [0.25, 0.3) is 0 Å². The first-order valence-electron chi connectivity index (χ1n) is 5.73. The fourth-order valence-corrected chi connectivity index (χ4v) is 2.24. The van der Waals surface area contributed by atoms with Gasteiger partial charge in [0.05, 0.1) is 0 Å². The molecule has 1 aliphatic rings. The predicted molar refractivity (Wildman–Crippen MR) is 64.2 cm³/mol. The first-order chi connectivity index (χ1) is 6.77. The fourth-order valence-electron chi connectivity index (χ4n) is 2.24. The summed E-state index contributed by atoms with van der Waals surface area (Å²) in [5.41, 5.74) is 1.51. The molecular weight excluding hydrogens is 168 g/mol. The molecule has 14 heavy (non-hydrogen) atoms. The molecule has 1 saturated carbocycles. The highest BCUT2D eigenvalue weighted by Crippen LogP contribution is 2.35. The standard InChI is InChI=1S/C14H22/c1-4-6-8-13(7-5-2)14-10-9-12(3)11-14/h4-8,12,14H,9-11H2,1-3H3/b6-4-,7-5-,13-8+/t12?,14-/m1/s1. The monoisotopic (exact) mass is 190 g/mol. The number of allylic oxidation sites excluding steroid dienone is 6. The number of rotatable bonds is 3. The second-order valence-corrected chi connectivity index (χ2v) is 4.31. The highest BCUT2D eigenvalue weighted by molar-refractivity contribution is 5.26. The van der Waals surface area contributed by atoms with Crippen molar-refractivity contribution in [3.8, 4) is 0 Å². The van der Waals surface area contributed by atoms with Crippen molar-refractivity contribution in [2.24, 2.45) is 11.8 Å². The molecule has 0 spiro atoms. The van der Waals surface area contributed by atoms with E-state index in [1.54, 1.807) is 0 Å². The Balaban J connectivity index is 2.68. The van der Waals surface area contributed by atoms with Crippen LogP contribution in [0.3, 0.4) is 0 Å². The van der Waals surface area contributed by atoms with Crippen LogP contribution in [0.4, 0.5) is 0 Å². The zero-order valence-corrected chi connectivity index (χ0v) is 9.66. The van der Waals surface area contributed by atoms with Crippen molar-refractivity contribution < 1.29 is 0 Å². The van der Waals surface area contributed by atoms with Crippen LogP contribution in [0.2, 0.25) is 0 Å². The van der Waals surface area contributed by atoms with Gasteiger partial charge < -0.3 is 0 Å². The summed E-state index contributed by atoms with van der Waals surface area (Å²) in [6, 6.07) is 0. The van der Waals surface area contributed by atoms with E-state index in [0.29, 0.717) is 0 Å². The van der Waals surface area contributed by atoms with Gasteiger partial charge in [-0.3, -0.25) is 0 Å². The molecule has 0 amide bonds. The van der Waals surface area contributed by atoms with E-state index in [2.05, 4.69) is 51.2 Å². The van der Waals surface area contributed by atoms with Crippen molar-refractivity contribution in [2.75, 3.05) is 0 Å². The average molecular weight is 190 g/mol. The molecule has 1 rings (SSSR count). The fraction of sp³-hybridized carbons (Fsp3) is 0.571. The zero-order valence-electron chi connectivity index (χ0n) is 9.66. The first kappa shape index (κ1) is 11.3. The SMILES string of the molecule is C\C=C/C=C(\C=C/C)[C@@H]1CCC(C)C1. The van der Waals surface area contributed by atoms with E-state index in [1.165, 1.54) is 24.8 Å². The highest BCUT2D eigenvalue weighted by atomic mass is 14.3. The quantitative estimate of drug-likeness (QED) is 0.575. The van der Waals surface area contributed by atoms with Gasteiger partial charge in [-0.2, -0.15) is 0 Å². The molecule has 0 aliphatic heterocycles. The minimum absolute atomic E-state index is 0.803. The van der Waals surface area contributed by atoms with Gasteiger partial charge in [-0.05, 0) is 44.1 Å². The summed E-state index contributed by atoms with van der Waals surface area (Å²) < 4.78 is 0. The van der Waals surface area contributed by atoms with Crippen LogP contribution in [-0.2, 0) is 0 Å². The molecule has 1 aliphatic carbocycles. The second kappa shape index (κ2) is 5.85. The molecule has 0 aromatic carbocycles. The Bertz CT molecular complexity index is 243. The third-order valence-corrected chi connectivity index (χ3v) is 3.01. The average Bonchev–Trinajstić information content (AvgIpc) is 2.59. The first-order valence-corrected chi connectivity index (χ1v) is 5.73. The Kier molecular flexibility index (Phi) is 4.72. The van der Waals surface area contributed by atoms with Crippen LogP contribution >= 0.6 is 0 Å². The Labute approximate surface area is 88.4 Å². The lowest BCUT2D eigenvalue weighted by molar-refractivity contribution is 0.577. The van der Waals surface area contributed by atoms with Crippen LogP contribution in [-0.4, -0.2) is 0 Å². The van der Waals surface area contributed by atoms with E-state index in [1.807, 2.05) is 0 Å². The predicted octanol–water partition coefficient (Wildman–Crippen LogP) is 4.50. The largest absolute Gasteiger partial charge is 0.0877 e. The number of hydrogen-bond acceptors (Lipinski definition) is 0. The summed E-state index contributed by atoms with van der Waals surface area (Å²) in [4.78, 5) is 0. The van der Waals surface area contributed by atoms with Crippen LogP contribution < -0.4 is 0 Å². The molecule has 0 aromatic rings. The van der Waals surface area contributed by atoms with E-state index in [-0.39, 0.29) is 0 Å². The van der Waals surface area contributed by atoms with Crippen molar-refractivity contribution in [1.82, 2.24) is 0 Å². The Hall–Kier alpha value is -0.780. The van der Waals surface area contributed by atoms with E-state index >= 15 is 0 Å². The normalized spacial score (nSPS) is 29.5. The lowest BCUT2D eigenvalue weighted by Crippen LogP contribution is -1.97. The molecule has 1 unspecified atom stereocenters. The van der Waals surface area contributed by atoms with Gasteiger partial charge in [0.25, 0.3) is 0 Å². The minimum atomic E-state index is 0.803. The van der Waals surface area contributed by atoms with Gasteiger partial charge in [0.2, 0.25) is 0 Å². The van der Waals surface area contributed by atoms with Crippen LogP contribution in [0.5, 0.6) is 0 Å². The van der Waals surface area contributed by atoms with Gasteiger partial charge >= 0.3 is 0 Å². The summed E-state index contributed by atoms with van der Waals surface area (Å²) in [6.07, 6.45) is 15.1. The van der Waals surface area contributed by atoms with E-state index < -0.39 is 0 Å². The second-order valence-electron chi connectivity index (χ2n) is 4.31. The van der Waals surface area contributed by atoms with Gasteiger partial charge in [0, 0.05) is 0 Å². The molecule has 0 nitrogen and oxygen atoms in total. The Morgan fingerprint density at radius 2 is 1.93 bits per heavy atom. The Morgan fingerprint density at radius 3 is 2.43 bits per heavy atom. The topological polar surface area (TPSA) is 0 Å². The van der Waals surface area contributed by atoms with Gasteiger partial charge in [-0.15, -0.1) is 0 Å². The van der Waals surface area contributed by atoms with Gasteiger partial charge in [-0.25, -0.2) is 0 Å². The van der Waals surface area contributed by atoms with Crippen molar-refractivity contribution >= 4 is 0 Å². The third kappa shape index (κ3) is 3.17. The molecule has 0 aromatic heterocycles. The van der Waals surface area contributed by atoms with E-state index in [4.69, 9.17) is 0 Å². The van der Waals surface area contributed by atoms with Crippen LogP contribution in [0.15, 0.2) is 36.0 Å². The maximum Gasteiger partial charge on any atom is -0.0159 e. The third-order valence-electron chi connectivity index (χ3n) is 3.01. The summed E-state index contributed by atoms with van der Waals surface area (Å²) in [7, 11) is 0. The molecule has 78 valence electrons. The van der Waals surface area contributed by atoms with Gasteiger partial charge in [0.1, 0.15) is 0 Å². The summed E-state index contributed by atoms with van der Waals surface area (Å²) >= 11 is 0. The van der Waals surface area contributed by atoms with Gasteiger partial charge in [-0.1, -0.05) is 43.7 Å². The van der Waals surface area contributed by atoms with Crippen molar-refractivity contribution in [2.45, 2.75) is 40.0 Å². The molecule has 1 fully saturated rings. The lowest BCUT2D eigenvalue weighted by Gasteiger charge is -2.10. The van der Waals surface area contributed by atoms with E-state index in [0.717, 1.165) is 11.8 Å². The number of hydrogen-bond donors (Lipinski definition) is 0. The maximum atomic E-state index is 2.36. The van der Waals surface area contributed by atoms with Crippen molar-refractivity contribution in [1.29, 1.82) is 0 Å². The molecule has 0 heterocycles. The molecule has 0 bridgehead atoms. The molecule has 0 saturated heterocycles.